The maximum absolute atomic E-state index is 13.5. The fraction of sp³-hybridized carbons (Fsp3) is 0.158. The first-order valence-corrected chi connectivity index (χ1v) is 8.59. The zero-order valence-electron chi connectivity index (χ0n) is 13.8. The van der Waals surface area contributed by atoms with Crippen LogP contribution in [-0.4, -0.2) is 21.5 Å². The molecule has 0 aliphatic carbocycles. The van der Waals surface area contributed by atoms with Gasteiger partial charge in [-0.25, -0.2) is 4.68 Å². The fourth-order valence-corrected chi connectivity index (χ4v) is 2.79. The van der Waals surface area contributed by atoms with Gasteiger partial charge >= 0.3 is 0 Å². The van der Waals surface area contributed by atoms with Gasteiger partial charge in [-0.15, -0.1) is 11.3 Å². The van der Waals surface area contributed by atoms with Crippen LogP contribution in [-0.2, 0) is 0 Å². The molecule has 3 rings (SSSR count). The third-order valence-electron chi connectivity index (χ3n) is 3.24. The Labute approximate surface area is 149 Å². The van der Waals surface area contributed by atoms with E-state index in [0.29, 0.717) is 17.0 Å². The molecule has 0 bridgehead atoms. The fourth-order valence-electron chi connectivity index (χ4n) is 2.17. The van der Waals surface area contributed by atoms with E-state index < -0.39 is 5.85 Å². The summed E-state index contributed by atoms with van der Waals surface area (Å²) in [7, 11) is 0. The minimum atomic E-state index is -1.77. The highest BCUT2D eigenvalue weighted by Crippen LogP contribution is 2.20. The molecule has 6 heteroatoms. The number of rotatable bonds is 5. The molecule has 0 N–H and O–H groups in total. The van der Waals surface area contributed by atoms with Gasteiger partial charge in [0.15, 0.2) is 0 Å². The first kappa shape index (κ1) is 17.1. The SMILES string of the molecule is CC(C)(F)Oc1ccc(C(=O)n2ccc(/C=C/c3cccs3)n2)cc1. The molecular formula is C19H17FN2O2S. The summed E-state index contributed by atoms with van der Waals surface area (Å²) in [5.41, 5.74) is 1.14. The Hall–Kier alpha value is -2.73. The van der Waals surface area contributed by atoms with Gasteiger partial charge in [0.25, 0.3) is 5.91 Å². The molecule has 2 aromatic heterocycles. The molecule has 3 aromatic rings. The molecular weight excluding hydrogens is 339 g/mol. The average molecular weight is 356 g/mol. The Morgan fingerprint density at radius 1 is 1.20 bits per heavy atom. The van der Waals surface area contributed by atoms with Crippen molar-refractivity contribution in [2.24, 2.45) is 0 Å². The van der Waals surface area contributed by atoms with Crippen LogP contribution < -0.4 is 4.74 Å². The molecule has 0 spiro atoms. The second kappa shape index (κ2) is 7.03. The van der Waals surface area contributed by atoms with Gasteiger partial charge in [-0.3, -0.25) is 4.79 Å². The van der Waals surface area contributed by atoms with Gasteiger partial charge in [0.1, 0.15) is 5.75 Å². The van der Waals surface area contributed by atoms with Crippen molar-refractivity contribution in [3.05, 3.63) is 70.2 Å². The van der Waals surface area contributed by atoms with Gasteiger partial charge in [0.05, 0.1) is 5.69 Å². The lowest BCUT2D eigenvalue weighted by Gasteiger charge is -2.16. The molecule has 0 aliphatic rings. The van der Waals surface area contributed by atoms with Gasteiger partial charge in [-0.2, -0.15) is 9.49 Å². The summed E-state index contributed by atoms with van der Waals surface area (Å²) in [6, 6.07) is 12.1. The van der Waals surface area contributed by atoms with Gasteiger partial charge in [-0.1, -0.05) is 6.07 Å². The zero-order valence-corrected chi connectivity index (χ0v) is 14.7. The van der Waals surface area contributed by atoms with E-state index in [1.54, 1.807) is 47.9 Å². The van der Waals surface area contributed by atoms with Crippen LogP contribution in [0.2, 0.25) is 0 Å². The van der Waals surface area contributed by atoms with Crippen LogP contribution in [0.25, 0.3) is 12.2 Å². The topological polar surface area (TPSA) is 44.1 Å². The average Bonchev–Trinajstić information content (AvgIpc) is 3.23. The van der Waals surface area contributed by atoms with Crippen molar-refractivity contribution in [3.63, 3.8) is 0 Å². The van der Waals surface area contributed by atoms with Crippen molar-refractivity contribution in [1.29, 1.82) is 0 Å². The van der Waals surface area contributed by atoms with Crippen LogP contribution in [0.1, 0.15) is 34.8 Å². The highest BCUT2D eigenvalue weighted by molar-refractivity contribution is 7.10. The number of nitrogens with zero attached hydrogens (tertiary/aromatic N) is 2. The Balaban J connectivity index is 1.71. The maximum atomic E-state index is 13.5. The molecule has 0 unspecified atom stereocenters. The first-order chi connectivity index (χ1) is 11.9. The summed E-state index contributed by atoms with van der Waals surface area (Å²) in [6.07, 6.45) is 5.42. The van der Waals surface area contributed by atoms with Crippen molar-refractivity contribution < 1.29 is 13.9 Å². The largest absolute Gasteiger partial charge is 0.459 e. The third kappa shape index (κ3) is 4.64. The number of hydrogen-bond donors (Lipinski definition) is 0. The van der Waals surface area contributed by atoms with Crippen LogP contribution in [0.3, 0.4) is 0 Å². The minimum Gasteiger partial charge on any atom is -0.459 e. The maximum Gasteiger partial charge on any atom is 0.278 e. The van der Waals surface area contributed by atoms with Crippen molar-refractivity contribution >= 4 is 29.4 Å². The number of hydrogen-bond acceptors (Lipinski definition) is 4. The predicted molar refractivity (Wildman–Crippen MR) is 97.5 cm³/mol. The Morgan fingerprint density at radius 3 is 2.60 bits per heavy atom. The van der Waals surface area contributed by atoms with Crippen molar-refractivity contribution in [1.82, 2.24) is 9.78 Å². The van der Waals surface area contributed by atoms with Crippen LogP contribution in [0.4, 0.5) is 4.39 Å². The number of aromatic nitrogens is 2. The van der Waals surface area contributed by atoms with E-state index in [-0.39, 0.29) is 5.91 Å². The second-order valence-electron chi connectivity index (χ2n) is 5.83. The van der Waals surface area contributed by atoms with E-state index in [1.165, 1.54) is 18.5 Å². The summed E-state index contributed by atoms with van der Waals surface area (Å²) in [6.45, 7) is 2.64. The van der Waals surface area contributed by atoms with Gasteiger partial charge in [0.2, 0.25) is 5.85 Å². The third-order valence-corrected chi connectivity index (χ3v) is 4.08. The first-order valence-electron chi connectivity index (χ1n) is 7.71. The molecule has 4 nitrogen and oxygen atoms in total. The van der Waals surface area contributed by atoms with Crippen molar-refractivity contribution in [2.45, 2.75) is 19.7 Å². The molecule has 1 aromatic carbocycles. The zero-order chi connectivity index (χ0) is 17.9. The number of halogens is 1. The predicted octanol–water partition coefficient (Wildman–Crippen LogP) is 4.89. The minimum absolute atomic E-state index is 0.262. The lowest BCUT2D eigenvalue weighted by atomic mass is 10.2. The van der Waals surface area contributed by atoms with E-state index in [4.69, 9.17) is 4.74 Å². The molecule has 128 valence electrons. The van der Waals surface area contributed by atoms with Gasteiger partial charge in [-0.05, 0) is 53.9 Å². The van der Waals surface area contributed by atoms with Crippen LogP contribution in [0, 0.1) is 0 Å². The Kier molecular flexibility index (Phi) is 4.81. The lowest BCUT2D eigenvalue weighted by Crippen LogP contribution is -2.21. The number of carbonyl (C=O) groups is 1. The Morgan fingerprint density at radius 2 is 1.96 bits per heavy atom. The molecule has 0 saturated heterocycles. The van der Waals surface area contributed by atoms with E-state index in [9.17, 15) is 9.18 Å². The smallest absolute Gasteiger partial charge is 0.278 e. The van der Waals surface area contributed by atoms with Gasteiger partial charge in [0, 0.05) is 30.5 Å². The molecule has 0 aliphatic heterocycles. The van der Waals surface area contributed by atoms with E-state index in [0.717, 1.165) is 4.88 Å². The lowest BCUT2D eigenvalue weighted by molar-refractivity contribution is -0.0257. The van der Waals surface area contributed by atoms with Gasteiger partial charge < -0.3 is 4.74 Å². The monoisotopic (exact) mass is 356 g/mol. The van der Waals surface area contributed by atoms with Crippen LogP contribution in [0.5, 0.6) is 5.75 Å². The second-order valence-corrected chi connectivity index (χ2v) is 6.81. The van der Waals surface area contributed by atoms with E-state index in [1.807, 2.05) is 29.7 Å². The van der Waals surface area contributed by atoms with E-state index in [2.05, 4.69) is 5.10 Å². The Bertz CT molecular complexity index is 875. The molecule has 0 atom stereocenters. The van der Waals surface area contributed by atoms with Crippen molar-refractivity contribution in [3.8, 4) is 5.75 Å². The van der Waals surface area contributed by atoms with E-state index >= 15 is 0 Å². The highest BCUT2D eigenvalue weighted by atomic mass is 32.1. The van der Waals surface area contributed by atoms with Crippen LogP contribution >= 0.6 is 11.3 Å². The number of thiophene rings is 1. The van der Waals surface area contributed by atoms with Crippen molar-refractivity contribution in [2.75, 3.05) is 0 Å². The molecule has 25 heavy (non-hydrogen) atoms. The molecule has 0 amide bonds. The number of alkyl halides is 1. The number of benzene rings is 1. The number of carbonyl (C=O) groups excluding carboxylic acids is 1. The summed E-state index contributed by atoms with van der Waals surface area (Å²) in [5.74, 6) is -1.66. The molecule has 2 heterocycles. The number of ether oxygens (including phenoxy) is 1. The molecule has 0 radical (unpaired) electrons. The molecule has 0 fully saturated rings. The molecule has 0 saturated carbocycles. The summed E-state index contributed by atoms with van der Waals surface area (Å²) >= 11 is 1.63. The highest BCUT2D eigenvalue weighted by Gasteiger charge is 2.17. The quantitative estimate of drug-likeness (QED) is 0.654. The summed E-state index contributed by atoms with van der Waals surface area (Å²) < 4.78 is 19.9. The summed E-state index contributed by atoms with van der Waals surface area (Å²) in [5, 5.41) is 6.26. The summed E-state index contributed by atoms with van der Waals surface area (Å²) in [4.78, 5) is 13.6. The normalized spacial score (nSPS) is 11.8. The van der Waals surface area contributed by atoms with Crippen LogP contribution in [0.15, 0.2) is 54.0 Å². The standard InChI is InChI=1S/C19H17FN2O2S/c1-19(2,20)24-16-8-5-14(6-9-16)18(23)22-12-11-15(21-22)7-10-17-4-3-13-25-17/h3-13H,1-2H3/b10-7+.